The lowest BCUT2D eigenvalue weighted by molar-refractivity contribution is -0.118. The van der Waals surface area contributed by atoms with Crippen LogP contribution in [0, 0.1) is 5.82 Å². The van der Waals surface area contributed by atoms with Crippen molar-refractivity contribution in [2.75, 3.05) is 6.61 Å². The van der Waals surface area contributed by atoms with Crippen molar-refractivity contribution >= 4 is 23.6 Å². The number of nitrogens with zero attached hydrogens (tertiary/aromatic N) is 3. The van der Waals surface area contributed by atoms with E-state index in [9.17, 15) is 14.0 Å². The molecule has 2 heterocycles. The molecule has 0 aliphatic carbocycles. The number of carbonyl (C=O) groups is 2. The van der Waals surface area contributed by atoms with E-state index in [0.717, 1.165) is 5.06 Å². The minimum atomic E-state index is -0.726. The summed E-state index contributed by atoms with van der Waals surface area (Å²) in [6.45, 7) is 5.71. The number of amides is 2. The van der Waals surface area contributed by atoms with Crippen LogP contribution >= 0.6 is 11.6 Å². The zero-order chi connectivity index (χ0) is 24.5. The van der Waals surface area contributed by atoms with E-state index in [1.54, 1.807) is 53.4 Å². The molecule has 0 radical (unpaired) electrons. The van der Waals surface area contributed by atoms with Gasteiger partial charge in [0.25, 0.3) is 0 Å². The summed E-state index contributed by atoms with van der Waals surface area (Å²) in [5.74, 6) is -0.778. The summed E-state index contributed by atoms with van der Waals surface area (Å²) in [7, 11) is 0. The summed E-state index contributed by atoms with van der Waals surface area (Å²) in [6, 6.07) is 10.6. The van der Waals surface area contributed by atoms with E-state index < -0.39 is 35.5 Å². The molecular weight excluding hydrogens is 463 g/mol. The first-order valence-electron chi connectivity index (χ1n) is 10.6. The Kier molecular flexibility index (Phi) is 6.58. The molecule has 0 saturated carbocycles. The Bertz CT molecular complexity index is 1200. The van der Waals surface area contributed by atoms with E-state index in [0.29, 0.717) is 17.1 Å². The number of urea groups is 1. The average Bonchev–Trinajstić information content (AvgIpc) is 3.39. The van der Waals surface area contributed by atoms with Gasteiger partial charge in [-0.05, 0) is 51.1 Å². The van der Waals surface area contributed by atoms with Crippen molar-refractivity contribution in [3.63, 3.8) is 0 Å². The lowest BCUT2D eigenvalue weighted by Gasteiger charge is -2.28. The average molecular weight is 487 g/mol. The Morgan fingerprint density at radius 2 is 1.94 bits per heavy atom. The third kappa shape index (κ3) is 5.05. The first kappa shape index (κ1) is 23.7. The number of ether oxygens (including phenoxy) is 1. The first-order chi connectivity index (χ1) is 16.1. The van der Waals surface area contributed by atoms with Crippen LogP contribution in [-0.4, -0.2) is 44.9 Å². The highest BCUT2D eigenvalue weighted by atomic mass is 35.5. The number of nitrogens with one attached hydrogen (secondary N) is 1. The van der Waals surface area contributed by atoms with Gasteiger partial charge in [-0.15, -0.1) is 5.06 Å². The second kappa shape index (κ2) is 9.44. The molecule has 8 nitrogen and oxygen atoms in total. The third-order valence-electron chi connectivity index (χ3n) is 5.17. The van der Waals surface area contributed by atoms with Crippen molar-refractivity contribution in [2.24, 2.45) is 0 Å². The molecule has 178 valence electrons. The Balaban J connectivity index is 1.66. The monoisotopic (exact) mass is 486 g/mol. The van der Waals surface area contributed by atoms with Gasteiger partial charge in [0.1, 0.15) is 23.7 Å². The highest BCUT2D eigenvalue weighted by Crippen LogP contribution is 2.31. The second-order valence-electron chi connectivity index (χ2n) is 8.74. The summed E-state index contributed by atoms with van der Waals surface area (Å²) in [5.41, 5.74) is 0.352. The number of hydroxylamine groups is 2. The molecule has 2 amide bonds. The number of imidazole rings is 1. The van der Waals surface area contributed by atoms with E-state index in [2.05, 4.69) is 10.3 Å². The van der Waals surface area contributed by atoms with Crippen molar-refractivity contribution in [2.45, 2.75) is 38.5 Å². The van der Waals surface area contributed by atoms with E-state index >= 15 is 0 Å². The van der Waals surface area contributed by atoms with Crippen molar-refractivity contribution in [1.82, 2.24) is 19.9 Å². The lowest BCUT2D eigenvalue weighted by Crippen LogP contribution is -2.41. The molecule has 1 saturated heterocycles. The molecule has 3 aromatic rings. The van der Waals surface area contributed by atoms with Crippen LogP contribution in [0.15, 0.2) is 60.9 Å². The molecule has 0 spiro atoms. The minimum Gasteiger partial charge on any atom is -0.373 e. The summed E-state index contributed by atoms with van der Waals surface area (Å²) in [6.07, 6.45) is 3.23. The fourth-order valence-electron chi connectivity index (χ4n) is 3.54. The van der Waals surface area contributed by atoms with Gasteiger partial charge in [0.15, 0.2) is 0 Å². The summed E-state index contributed by atoms with van der Waals surface area (Å²) in [4.78, 5) is 35.5. The van der Waals surface area contributed by atoms with Crippen molar-refractivity contribution in [3.05, 3.63) is 83.2 Å². The third-order valence-corrected chi connectivity index (χ3v) is 5.46. The van der Waals surface area contributed by atoms with Crippen LogP contribution in [0.1, 0.15) is 43.0 Å². The Morgan fingerprint density at radius 1 is 1.21 bits per heavy atom. The summed E-state index contributed by atoms with van der Waals surface area (Å²) in [5, 5.41) is 3.77. The lowest BCUT2D eigenvalue weighted by atomic mass is 10.1. The smallest absolute Gasteiger partial charge is 0.363 e. The molecule has 10 heteroatoms. The van der Waals surface area contributed by atoms with Gasteiger partial charge in [-0.25, -0.2) is 19.0 Å². The van der Waals surface area contributed by atoms with Crippen LogP contribution in [-0.2, 0) is 9.57 Å². The maximum absolute atomic E-state index is 13.7. The minimum absolute atomic E-state index is 0.0429. The Morgan fingerprint density at radius 3 is 2.62 bits per heavy atom. The van der Waals surface area contributed by atoms with Crippen molar-refractivity contribution in [1.29, 1.82) is 0 Å². The summed E-state index contributed by atoms with van der Waals surface area (Å²) < 4.78 is 21.3. The van der Waals surface area contributed by atoms with E-state index in [4.69, 9.17) is 21.2 Å². The number of hydrogen-bond acceptors (Lipinski definition) is 5. The van der Waals surface area contributed by atoms with Gasteiger partial charge in [0, 0.05) is 18.1 Å². The molecule has 2 atom stereocenters. The van der Waals surface area contributed by atoms with Crippen LogP contribution in [0.25, 0.3) is 5.69 Å². The summed E-state index contributed by atoms with van der Waals surface area (Å²) >= 11 is 5.97. The normalized spacial score (nSPS) is 18.1. The highest BCUT2D eigenvalue weighted by molar-refractivity contribution is 6.30. The molecule has 34 heavy (non-hydrogen) atoms. The van der Waals surface area contributed by atoms with E-state index in [1.807, 2.05) is 20.8 Å². The van der Waals surface area contributed by atoms with Crippen LogP contribution in [0.3, 0.4) is 0 Å². The largest absolute Gasteiger partial charge is 0.373 e. The van der Waals surface area contributed by atoms with E-state index in [-0.39, 0.29) is 11.6 Å². The number of aromatic nitrogens is 2. The Hall–Kier alpha value is -3.43. The van der Waals surface area contributed by atoms with Gasteiger partial charge in [-0.1, -0.05) is 29.8 Å². The molecular formula is C24H24ClFN4O4. The van der Waals surface area contributed by atoms with Gasteiger partial charge < -0.3 is 19.5 Å². The van der Waals surface area contributed by atoms with Crippen LogP contribution in [0.4, 0.5) is 9.18 Å². The molecule has 1 aliphatic heterocycles. The van der Waals surface area contributed by atoms with Gasteiger partial charge in [0.05, 0.1) is 22.8 Å². The number of benzene rings is 2. The zero-order valence-corrected chi connectivity index (χ0v) is 19.6. The van der Waals surface area contributed by atoms with Gasteiger partial charge >= 0.3 is 12.0 Å². The number of carbonyl (C=O) groups excluding carboxylic acids is 2. The topological polar surface area (TPSA) is 85.7 Å². The zero-order valence-electron chi connectivity index (χ0n) is 18.9. The molecule has 2 aromatic carbocycles. The van der Waals surface area contributed by atoms with Gasteiger partial charge in [-0.2, -0.15) is 0 Å². The molecule has 1 N–H and O–H groups in total. The molecule has 1 fully saturated rings. The number of hydrogen-bond donors (Lipinski definition) is 1. The predicted molar refractivity (Wildman–Crippen MR) is 123 cm³/mol. The molecule has 0 unspecified atom stereocenters. The number of halogens is 2. The quantitative estimate of drug-likeness (QED) is 0.546. The maximum Gasteiger partial charge on any atom is 0.363 e. The van der Waals surface area contributed by atoms with Crippen LogP contribution in [0.5, 0.6) is 0 Å². The van der Waals surface area contributed by atoms with Gasteiger partial charge in [0.2, 0.25) is 0 Å². The van der Waals surface area contributed by atoms with Crippen LogP contribution < -0.4 is 5.32 Å². The highest BCUT2D eigenvalue weighted by Gasteiger charge is 2.46. The second-order valence-corrected chi connectivity index (χ2v) is 9.15. The van der Waals surface area contributed by atoms with E-state index in [1.165, 1.54) is 12.1 Å². The molecule has 4 rings (SSSR count). The standard InChI is InChI=1S/C24H24ClFN4O4/c1-24(2,3)33-14-19-20(21-27-11-12-29(21)16-9-10-18(26)17(25)13-16)28-23(32)30(19)34-22(31)15-7-5-4-6-8-15/h4-13,19-20H,14H2,1-3H3,(H,28,32)/t19-,20+/m1/s1. The SMILES string of the molecule is CC(C)(C)OC[C@@H]1[C@@H](c2nccn2-c2ccc(F)c(Cl)c2)NC(=O)N1OC(=O)c1ccccc1. The molecule has 1 aliphatic rings. The van der Waals surface area contributed by atoms with Gasteiger partial charge in [-0.3, -0.25) is 0 Å². The Labute approximate surface area is 201 Å². The fraction of sp³-hybridized carbons (Fsp3) is 0.292. The first-order valence-corrected chi connectivity index (χ1v) is 11.0. The molecule has 1 aromatic heterocycles. The van der Waals surface area contributed by atoms with Crippen molar-refractivity contribution < 1.29 is 23.6 Å². The van der Waals surface area contributed by atoms with Crippen LogP contribution in [0.2, 0.25) is 5.02 Å². The fourth-order valence-corrected chi connectivity index (χ4v) is 3.71. The predicted octanol–water partition coefficient (Wildman–Crippen LogP) is 4.69. The van der Waals surface area contributed by atoms with Crippen molar-refractivity contribution in [3.8, 4) is 5.69 Å². The maximum atomic E-state index is 13.7. The molecule has 0 bridgehead atoms. The number of rotatable bonds is 6.